The molecule has 0 fully saturated rings. The van der Waals surface area contributed by atoms with Crippen LogP contribution in [-0.2, 0) is 0 Å². The molecule has 0 saturated carbocycles. The number of nitrogens with zero attached hydrogens (tertiary/aromatic N) is 3. The molecule has 4 heteroatoms. The fourth-order valence-corrected chi connectivity index (χ4v) is 1.14. The van der Waals surface area contributed by atoms with Gasteiger partial charge in [0.1, 0.15) is 5.82 Å². The molecule has 0 atom stereocenters. The van der Waals surface area contributed by atoms with Crippen molar-refractivity contribution < 1.29 is 0 Å². The van der Waals surface area contributed by atoms with Gasteiger partial charge in [-0.05, 0) is 13.0 Å². The molecule has 0 spiro atoms. The number of fused-ring (bicyclic) bond motifs is 1. The van der Waals surface area contributed by atoms with E-state index in [0.717, 1.165) is 17.2 Å². The highest BCUT2D eigenvalue weighted by Crippen LogP contribution is 2.06. The normalized spacial score (nSPS) is 10.5. The van der Waals surface area contributed by atoms with E-state index in [4.69, 9.17) is 0 Å². The molecule has 2 rings (SSSR count). The van der Waals surface area contributed by atoms with Gasteiger partial charge in [-0.3, -0.25) is 0 Å². The molecule has 0 saturated heterocycles. The minimum Gasteiger partial charge on any atom is -0.373 e. The molecule has 0 bridgehead atoms. The first-order valence-electron chi connectivity index (χ1n) is 3.80. The summed E-state index contributed by atoms with van der Waals surface area (Å²) in [5, 5.41) is 7.19. The minimum absolute atomic E-state index is 0.863. The van der Waals surface area contributed by atoms with Crippen LogP contribution in [0.3, 0.4) is 0 Å². The van der Waals surface area contributed by atoms with E-state index >= 15 is 0 Å². The van der Waals surface area contributed by atoms with Crippen molar-refractivity contribution in [2.75, 3.05) is 12.4 Å². The van der Waals surface area contributed by atoms with Crippen LogP contribution < -0.4 is 5.32 Å². The molecule has 0 aromatic carbocycles. The molecule has 0 radical (unpaired) electrons. The number of rotatable bonds is 1. The summed E-state index contributed by atoms with van der Waals surface area (Å²) >= 11 is 0. The van der Waals surface area contributed by atoms with Crippen LogP contribution in [-0.4, -0.2) is 21.6 Å². The molecule has 0 aliphatic rings. The lowest BCUT2D eigenvalue weighted by molar-refractivity contribution is 0.918. The van der Waals surface area contributed by atoms with Crippen molar-refractivity contribution >= 4 is 11.5 Å². The Labute approximate surface area is 70.2 Å². The zero-order chi connectivity index (χ0) is 8.55. The monoisotopic (exact) mass is 162 g/mol. The van der Waals surface area contributed by atoms with Crippen molar-refractivity contribution in [3.05, 3.63) is 24.0 Å². The molecule has 0 aliphatic carbocycles. The van der Waals surface area contributed by atoms with E-state index in [9.17, 15) is 0 Å². The second-order valence-electron chi connectivity index (χ2n) is 2.65. The summed E-state index contributed by atoms with van der Waals surface area (Å²) in [6, 6.07) is 3.83. The van der Waals surface area contributed by atoms with Crippen LogP contribution in [0.25, 0.3) is 5.65 Å². The summed E-state index contributed by atoms with van der Waals surface area (Å²) < 4.78 is 1.76. The summed E-state index contributed by atoms with van der Waals surface area (Å²) in [6.45, 7) is 1.95. The zero-order valence-corrected chi connectivity index (χ0v) is 7.07. The average molecular weight is 162 g/mol. The molecule has 4 nitrogen and oxygen atoms in total. The van der Waals surface area contributed by atoms with E-state index in [1.54, 1.807) is 4.52 Å². The molecule has 2 aromatic heterocycles. The molecule has 1 N–H and O–H groups in total. The second kappa shape index (κ2) is 2.48. The fraction of sp³-hybridized carbons (Fsp3) is 0.250. The number of aryl methyl sites for hydroxylation is 1. The van der Waals surface area contributed by atoms with Gasteiger partial charge in [-0.15, -0.1) is 0 Å². The van der Waals surface area contributed by atoms with Crippen LogP contribution in [0.4, 0.5) is 5.82 Å². The van der Waals surface area contributed by atoms with Crippen LogP contribution in [0.1, 0.15) is 5.69 Å². The van der Waals surface area contributed by atoms with E-state index in [2.05, 4.69) is 15.4 Å². The Kier molecular flexibility index (Phi) is 1.46. The molecule has 0 aliphatic heterocycles. The molecule has 0 amide bonds. The number of anilines is 1. The maximum Gasteiger partial charge on any atom is 0.157 e. The van der Waals surface area contributed by atoms with Gasteiger partial charge in [0.05, 0.1) is 5.69 Å². The minimum atomic E-state index is 0.863. The molecule has 62 valence electrons. The van der Waals surface area contributed by atoms with Crippen LogP contribution in [0.5, 0.6) is 0 Å². The molecule has 2 aromatic rings. The summed E-state index contributed by atoms with van der Waals surface area (Å²) in [5.41, 5.74) is 1.86. The number of aromatic nitrogens is 3. The lowest BCUT2D eigenvalue weighted by Gasteiger charge is -1.97. The van der Waals surface area contributed by atoms with Gasteiger partial charge in [0.25, 0.3) is 0 Å². The first-order chi connectivity index (χ1) is 5.79. The third kappa shape index (κ3) is 1.01. The lowest BCUT2D eigenvalue weighted by Crippen LogP contribution is -1.95. The Hall–Kier alpha value is -1.58. The smallest absolute Gasteiger partial charge is 0.157 e. The molecular weight excluding hydrogens is 152 g/mol. The molecular formula is C8H10N4. The standard InChI is InChI=1S/C8H10N4/c1-6-5-8-10-7(9-2)3-4-12(8)11-6/h3-5H,1-2H3,(H,9,10). The summed E-state index contributed by atoms with van der Waals surface area (Å²) in [5.74, 6) is 0.863. The maximum absolute atomic E-state index is 4.30. The quantitative estimate of drug-likeness (QED) is 0.682. The predicted octanol–water partition coefficient (Wildman–Crippen LogP) is 1.08. The zero-order valence-electron chi connectivity index (χ0n) is 7.07. The maximum atomic E-state index is 4.30. The summed E-state index contributed by atoms with van der Waals surface area (Å²) in [4.78, 5) is 4.30. The third-order valence-electron chi connectivity index (χ3n) is 1.70. The fourth-order valence-electron chi connectivity index (χ4n) is 1.14. The van der Waals surface area contributed by atoms with Gasteiger partial charge in [0.15, 0.2) is 5.65 Å². The van der Waals surface area contributed by atoms with Crippen LogP contribution in [0.2, 0.25) is 0 Å². The average Bonchev–Trinajstić information content (AvgIpc) is 2.43. The van der Waals surface area contributed by atoms with Gasteiger partial charge in [0, 0.05) is 19.3 Å². The molecule has 12 heavy (non-hydrogen) atoms. The Morgan fingerprint density at radius 2 is 2.33 bits per heavy atom. The van der Waals surface area contributed by atoms with Crippen LogP contribution in [0.15, 0.2) is 18.3 Å². The Morgan fingerprint density at radius 3 is 3.08 bits per heavy atom. The van der Waals surface area contributed by atoms with E-state index in [0.29, 0.717) is 0 Å². The van der Waals surface area contributed by atoms with Gasteiger partial charge in [-0.1, -0.05) is 0 Å². The van der Waals surface area contributed by atoms with Gasteiger partial charge in [0.2, 0.25) is 0 Å². The second-order valence-corrected chi connectivity index (χ2v) is 2.65. The van der Waals surface area contributed by atoms with E-state index in [-0.39, 0.29) is 0 Å². The highest BCUT2D eigenvalue weighted by atomic mass is 15.3. The Bertz CT molecular complexity index is 404. The lowest BCUT2D eigenvalue weighted by atomic mass is 10.5. The first-order valence-corrected chi connectivity index (χ1v) is 3.80. The van der Waals surface area contributed by atoms with Crippen LogP contribution in [0, 0.1) is 6.92 Å². The van der Waals surface area contributed by atoms with Crippen LogP contribution >= 0.6 is 0 Å². The number of hydrogen-bond donors (Lipinski definition) is 1. The largest absolute Gasteiger partial charge is 0.373 e. The first kappa shape index (κ1) is 7.09. The van der Waals surface area contributed by atoms with Crippen molar-refractivity contribution in [1.29, 1.82) is 0 Å². The van der Waals surface area contributed by atoms with E-state index < -0.39 is 0 Å². The predicted molar refractivity (Wildman–Crippen MR) is 47.3 cm³/mol. The van der Waals surface area contributed by atoms with E-state index in [1.165, 1.54) is 0 Å². The van der Waals surface area contributed by atoms with Gasteiger partial charge >= 0.3 is 0 Å². The van der Waals surface area contributed by atoms with Crippen molar-refractivity contribution in [2.24, 2.45) is 0 Å². The number of hydrogen-bond acceptors (Lipinski definition) is 3. The Balaban J connectivity index is 2.66. The highest BCUT2D eigenvalue weighted by molar-refractivity contribution is 5.46. The number of nitrogens with one attached hydrogen (secondary N) is 1. The molecule has 0 unspecified atom stereocenters. The highest BCUT2D eigenvalue weighted by Gasteiger charge is 1.98. The van der Waals surface area contributed by atoms with Gasteiger partial charge in [-0.25, -0.2) is 9.50 Å². The summed E-state index contributed by atoms with van der Waals surface area (Å²) in [6.07, 6.45) is 1.89. The summed E-state index contributed by atoms with van der Waals surface area (Å²) in [7, 11) is 1.85. The van der Waals surface area contributed by atoms with Crippen molar-refractivity contribution in [2.45, 2.75) is 6.92 Å². The van der Waals surface area contributed by atoms with E-state index in [1.807, 2.05) is 32.3 Å². The van der Waals surface area contributed by atoms with Gasteiger partial charge < -0.3 is 5.32 Å². The van der Waals surface area contributed by atoms with Crippen molar-refractivity contribution in [3.8, 4) is 0 Å². The van der Waals surface area contributed by atoms with Gasteiger partial charge in [-0.2, -0.15) is 5.10 Å². The van der Waals surface area contributed by atoms with Crippen molar-refractivity contribution in [3.63, 3.8) is 0 Å². The SMILES string of the molecule is CNc1ccn2nc(C)cc2n1. The van der Waals surface area contributed by atoms with Crippen molar-refractivity contribution in [1.82, 2.24) is 14.6 Å². The Morgan fingerprint density at radius 1 is 1.50 bits per heavy atom. The topological polar surface area (TPSA) is 42.2 Å². The molecule has 2 heterocycles. The third-order valence-corrected chi connectivity index (χ3v) is 1.70.